The van der Waals surface area contributed by atoms with Crippen LogP contribution in [0.2, 0.25) is 0 Å². The van der Waals surface area contributed by atoms with Crippen LogP contribution in [0.15, 0.2) is 18.2 Å². The topological polar surface area (TPSA) is 55.4 Å². The summed E-state index contributed by atoms with van der Waals surface area (Å²) in [4.78, 5) is 0. The van der Waals surface area contributed by atoms with Gasteiger partial charge in [-0.25, -0.2) is 8.42 Å². The number of benzene rings is 1. The van der Waals surface area contributed by atoms with E-state index in [2.05, 4.69) is 24.4 Å². The highest BCUT2D eigenvalue weighted by Gasteiger charge is 2.20. The third kappa shape index (κ3) is 5.00. The van der Waals surface area contributed by atoms with E-state index in [4.69, 9.17) is 4.74 Å². The van der Waals surface area contributed by atoms with Gasteiger partial charge in [-0.1, -0.05) is 6.07 Å². The largest absolute Gasteiger partial charge is 0.497 e. The van der Waals surface area contributed by atoms with Crippen molar-refractivity contribution < 1.29 is 13.2 Å². The fourth-order valence-electron chi connectivity index (χ4n) is 2.88. The second-order valence-corrected chi connectivity index (χ2v) is 8.32. The van der Waals surface area contributed by atoms with Crippen molar-refractivity contribution in [2.45, 2.75) is 44.7 Å². The molecular weight excluding hydrogens is 286 g/mol. The van der Waals surface area contributed by atoms with Gasteiger partial charge in [0.1, 0.15) is 15.6 Å². The molecule has 1 aromatic rings. The van der Waals surface area contributed by atoms with Crippen molar-refractivity contribution in [1.82, 2.24) is 5.32 Å². The van der Waals surface area contributed by atoms with Gasteiger partial charge in [0.15, 0.2) is 0 Å². The summed E-state index contributed by atoms with van der Waals surface area (Å²) in [6, 6.07) is 6.92. The van der Waals surface area contributed by atoms with Gasteiger partial charge in [0.2, 0.25) is 0 Å². The molecule has 0 fully saturated rings. The average molecular weight is 311 g/mol. The molecule has 1 aliphatic rings. The Labute approximate surface area is 127 Å². The van der Waals surface area contributed by atoms with Crippen molar-refractivity contribution in [3.8, 4) is 5.75 Å². The third-order valence-corrected chi connectivity index (χ3v) is 5.06. The van der Waals surface area contributed by atoms with Gasteiger partial charge in [0, 0.05) is 18.3 Å². The summed E-state index contributed by atoms with van der Waals surface area (Å²) in [6.45, 7) is 2.06. The summed E-state index contributed by atoms with van der Waals surface area (Å²) in [5.41, 5.74) is 2.74. The molecule has 1 aliphatic carbocycles. The van der Waals surface area contributed by atoms with Crippen LogP contribution in [0.5, 0.6) is 5.75 Å². The van der Waals surface area contributed by atoms with Gasteiger partial charge in [-0.05, 0) is 55.9 Å². The summed E-state index contributed by atoms with van der Waals surface area (Å²) >= 11 is 0. The Bertz CT molecular complexity index is 583. The second-order valence-electron chi connectivity index (χ2n) is 6.06. The van der Waals surface area contributed by atoms with Crippen molar-refractivity contribution in [1.29, 1.82) is 0 Å². The Morgan fingerprint density at radius 2 is 2.14 bits per heavy atom. The van der Waals surface area contributed by atoms with Gasteiger partial charge >= 0.3 is 0 Å². The minimum Gasteiger partial charge on any atom is -0.497 e. The quantitative estimate of drug-likeness (QED) is 0.872. The van der Waals surface area contributed by atoms with E-state index < -0.39 is 9.84 Å². The van der Waals surface area contributed by atoms with E-state index in [-0.39, 0.29) is 11.8 Å². The molecule has 0 aromatic heterocycles. The lowest BCUT2D eigenvalue weighted by atomic mass is 9.87. The van der Waals surface area contributed by atoms with E-state index >= 15 is 0 Å². The summed E-state index contributed by atoms with van der Waals surface area (Å²) in [5, 5.41) is 3.56. The van der Waals surface area contributed by atoms with Crippen LogP contribution in [0.25, 0.3) is 0 Å². The molecule has 0 aliphatic heterocycles. The van der Waals surface area contributed by atoms with Crippen molar-refractivity contribution in [2.24, 2.45) is 0 Å². The number of nitrogens with one attached hydrogen (secondary N) is 1. The molecule has 0 saturated heterocycles. The molecule has 0 saturated carbocycles. The Hall–Kier alpha value is -1.07. The van der Waals surface area contributed by atoms with E-state index in [1.54, 1.807) is 7.11 Å². The molecule has 0 radical (unpaired) electrons. The molecule has 0 bridgehead atoms. The first-order valence-electron chi connectivity index (χ1n) is 7.47. The third-order valence-electron chi connectivity index (χ3n) is 4.08. The lowest BCUT2D eigenvalue weighted by Crippen LogP contribution is -2.40. The monoisotopic (exact) mass is 311 g/mol. The number of methoxy groups -OCH3 is 1. The zero-order valence-corrected chi connectivity index (χ0v) is 13.9. The maximum atomic E-state index is 11.2. The van der Waals surface area contributed by atoms with Crippen molar-refractivity contribution >= 4 is 9.84 Å². The van der Waals surface area contributed by atoms with E-state index in [1.807, 2.05) is 6.07 Å². The predicted molar refractivity (Wildman–Crippen MR) is 85.7 cm³/mol. The first-order chi connectivity index (χ1) is 9.87. The molecule has 0 unspecified atom stereocenters. The molecule has 2 rings (SSSR count). The van der Waals surface area contributed by atoms with E-state index in [0.717, 1.165) is 25.0 Å². The van der Waals surface area contributed by atoms with Crippen LogP contribution in [0, 0.1) is 0 Å². The average Bonchev–Trinajstić information content (AvgIpc) is 2.43. The standard InChI is InChI=1S/C16H25NO3S/c1-12(8-9-21(3,18)19)17-15-6-4-13-5-7-16(20-2)11-14(13)10-15/h5,7,11-12,15,17H,4,6,8-10H2,1-3H3/t12-,15+/m0/s1. The zero-order valence-electron chi connectivity index (χ0n) is 13.1. The predicted octanol–water partition coefficient (Wildman–Crippen LogP) is 1.97. The molecule has 4 nitrogen and oxygen atoms in total. The molecule has 0 amide bonds. The molecular formula is C16H25NO3S. The van der Waals surface area contributed by atoms with Crippen LogP contribution in [0.1, 0.15) is 30.9 Å². The zero-order chi connectivity index (χ0) is 15.5. The SMILES string of the molecule is COc1ccc2c(c1)C[C@H](N[C@@H](C)CCS(C)(=O)=O)CC2. The normalized spacial score (nSPS) is 19.9. The van der Waals surface area contributed by atoms with Crippen LogP contribution < -0.4 is 10.1 Å². The Kier molecular flexibility index (Phi) is 5.27. The second kappa shape index (κ2) is 6.79. The van der Waals surface area contributed by atoms with Crippen molar-refractivity contribution in [3.63, 3.8) is 0 Å². The minimum atomic E-state index is -2.87. The lowest BCUT2D eigenvalue weighted by molar-refractivity contribution is 0.395. The summed E-state index contributed by atoms with van der Waals surface area (Å²) in [6.07, 6.45) is 5.11. The molecule has 0 spiro atoms. The van der Waals surface area contributed by atoms with Gasteiger partial charge in [-0.15, -0.1) is 0 Å². The molecule has 0 heterocycles. The first kappa shape index (κ1) is 16.3. The van der Waals surface area contributed by atoms with Crippen LogP contribution in [0.4, 0.5) is 0 Å². The number of rotatable bonds is 6. The molecule has 21 heavy (non-hydrogen) atoms. The Morgan fingerprint density at radius 1 is 1.38 bits per heavy atom. The summed E-state index contributed by atoms with van der Waals surface area (Å²) in [7, 11) is -1.19. The van der Waals surface area contributed by atoms with Gasteiger partial charge in [-0.3, -0.25) is 0 Å². The number of hydrogen-bond donors (Lipinski definition) is 1. The van der Waals surface area contributed by atoms with Gasteiger partial charge in [0.05, 0.1) is 12.9 Å². The number of ether oxygens (including phenoxy) is 1. The van der Waals surface area contributed by atoms with E-state index in [1.165, 1.54) is 17.4 Å². The number of hydrogen-bond acceptors (Lipinski definition) is 4. The maximum Gasteiger partial charge on any atom is 0.147 e. The van der Waals surface area contributed by atoms with Gasteiger partial charge in [0.25, 0.3) is 0 Å². The van der Waals surface area contributed by atoms with Gasteiger partial charge in [-0.2, -0.15) is 0 Å². The Balaban J connectivity index is 1.91. The number of aryl methyl sites for hydroxylation is 1. The smallest absolute Gasteiger partial charge is 0.147 e. The number of fused-ring (bicyclic) bond motifs is 1. The highest BCUT2D eigenvalue weighted by Crippen LogP contribution is 2.25. The molecule has 1 aromatic carbocycles. The Morgan fingerprint density at radius 3 is 2.81 bits per heavy atom. The van der Waals surface area contributed by atoms with Gasteiger partial charge < -0.3 is 10.1 Å². The highest BCUT2D eigenvalue weighted by atomic mass is 32.2. The first-order valence-corrected chi connectivity index (χ1v) is 9.53. The van der Waals surface area contributed by atoms with E-state index in [9.17, 15) is 8.42 Å². The summed E-state index contributed by atoms with van der Waals surface area (Å²) < 4.78 is 27.7. The minimum absolute atomic E-state index is 0.219. The van der Waals surface area contributed by atoms with Crippen LogP contribution >= 0.6 is 0 Å². The van der Waals surface area contributed by atoms with Crippen LogP contribution in [-0.4, -0.2) is 39.6 Å². The van der Waals surface area contributed by atoms with Crippen molar-refractivity contribution in [3.05, 3.63) is 29.3 Å². The van der Waals surface area contributed by atoms with Crippen molar-refractivity contribution in [2.75, 3.05) is 19.1 Å². The fourth-order valence-corrected chi connectivity index (χ4v) is 3.66. The highest BCUT2D eigenvalue weighted by molar-refractivity contribution is 7.90. The fraction of sp³-hybridized carbons (Fsp3) is 0.625. The lowest BCUT2D eigenvalue weighted by Gasteiger charge is -2.28. The summed E-state index contributed by atoms with van der Waals surface area (Å²) in [5.74, 6) is 1.15. The van der Waals surface area contributed by atoms with Crippen LogP contribution in [0.3, 0.4) is 0 Å². The molecule has 5 heteroatoms. The maximum absolute atomic E-state index is 11.2. The molecule has 2 atom stereocenters. The van der Waals surface area contributed by atoms with Crippen LogP contribution in [-0.2, 0) is 22.7 Å². The molecule has 1 N–H and O–H groups in total. The number of sulfone groups is 1. The molecule has 118 valence electrons. The van der Waals surface area contributed by atoms with E-state index in [0.29, 0.717) is 12.5 Å².